The molecule has 3 heterocycles. The summed E-state index contributed by atoms with van der Waals surface area (Å²) in [5, 5.41) is 16.1. The zero-order valence-electron chi connectivity index (χ0n) is 15.0. The summed E-state index contributed by atoms with van der Waals surface area (Å²) in [6, 6.07) is 11.5. The highest BCUT2D eigenvalue weighted by Crippen LogP contribution is 2.32. The van der Waals surface area contributed by atoms with Gasteiger partial charge >= 0.3 is 0 Å². The first-order chi connectivity index (χ1) is 12.5. The largest absolute Gasteiger partial charge is 0.619 e. The van der Waals surface area contributed by atoms with Gasteiger partial charge in [0.1, 0.15) is 5.69 Å². The van der Waals surface area contributed by atoms with Crippen LogP contribution in [0.5, 0.6) is 0 Å². The summed E-state index contributed by atoms with van der Waals surface area (Å²) < 4.78 is 2.60. The molecule has 26 heavy (non-hydrogen) atoms. The molecule has 3 aromatic rings. The van der Waals surface area contributed by atoms with Gasteiger partial charge in [-0.2, -0.15) is 9.83 Å². The van der Waals surface area contributed by atoms with Gasteiger partial charge in [0, 0.05) is 36.9 Å². The van der Waals surface area contributed by atoms with Crippen molar-refractivity contribution in [3.63, 3.8) is 0 Å². The Morgan fingerprint density at radius 3 is 2.62 bits per heavy atom. The summed E-state index contributed by atoms with van der Waals surface area (Å²) in [7, 11) is 0. The lowest BCUT2D eigenvalue weighted by Crippen LogP contribution is -2.42. The van der Waals surface area contributed by atoms with E-state index in [1.54, 1.807) is 34.8 Å². The molecule has 0 unspecified atom stereocenters. The van der Waals surface area contributed by atoms with E-state index in [0.717, 1.165) is 27.1 Å². The minimum atomic E-state index is -0.0732. The molecule has 1 atom stereocenters. The van der Waals surface area contributed by atoms with Gasteiger partial charge in [-0.25, -0.2) is 0 Å². The van der Waals surface area contributed by atoms with Crippen LogP contribution in [0.15, 0.2) is 48.8 Å². The van der Waals surface area contributed by atoms with Crippen LogP contribution >= 0.6 is 0 Å². The van der Waals surface area contributed by atoms with Crippen LogP contribution in [0.4, 0.5) is 5.69 Å². The molecule has 0 N–H and O–H groups in total. The molecule has 0 saturated carbocycles. The monoisotopic (exact) mass is 348 g/mol. The molecule has 1 aromatic carbocycles. The maximum atomic E-state index is 13.3. The number of carbonyl (C=O) groups excluding carboxylic acids is 1. The van der Waals surface area contributed by atoms with E-state index in [0.29, 0.717) is 17.9 Å². The zero-order valence-corrected chi connectivity index (χ0v) is 15.0. The SMILES string of the molecule is Cc1ccc(N2C[C@H](C)n3ncc(-c4cc[n+]([O-])c(C)c4)c3C2=O)cc1. The van der Waals surface area contributed by atoms with Gasteiger partial charge in [0.05, 0.1) is 12.2 Å². The van der Waals surface area contributed by atoms with Gasteiger partial charge in [0.25, 0.3) is 5.91 Å². The smallest absolute Gasteiger partial charge is 0.277 e. The van der Waals surface area contributed by atoms with Crippen molar-refractivity contribution in [3.05, 3.63) is 71.0 Å². The summed E-state index contributed by atoms with van der Waals surface area (Å²) in [5.41, 5.74) is 4.75. The second kappa shape index (κ2) is 5.98. The van der Waals surface area contributed by atoms with Gasteiger partial charge in [-0.3, -0.25) is 9.48 Å². The summed E-state index contributed by atoms with van der Waals surface area (Å²) in [6.07, 6.45) is 3.18. The van der Waals surface area contributed by atoms with Gasteiger partial charge in [0.15, 0.2) is 11.9 Å². The number of benzene rings is 1. The predicted octanol–water partition coefficient (Wildman–Crippen LogP) is 3.02. The number of carbonyl (C=O) groups is 1. The van der Waals surface area contributed by atoms with E-state index in [1.807, 2.05) is 31.2 Å². The van der Waals surface area contributed by atoms with E-state index in [4.69, 9.17) is 0 Å². The van der Waals surface area contributed by atoms with Crippen LogP contribution in [-0.4, -0.2) is 22.2 Å². The molecule has 0 saturated heterocycles. The number of hydrogen-bond donors (Lipinski definition) is 0. The number of pyridine rings is 1. The molecule has 0 radical (unpaired) electrons. The van der Waals surface area contributed by atoms with E-state index in [9.17, 15) is 10.0 Å². The van der Waals surface area contributed by atoms with Crippen LogP contribution in [-0.2, 0) is 0 Å². The van der Waals surface area contributed by atoms with Gasteiger partial charge < -0.3 is 10.1 Å². The van der Waals surface area contributed by atoms with Crippen LogP contribution < -0.4 is 9.63 Å². The van der Waals surface area contributed by atoms with Crippen LogP contribution in [0.3, 0.4) is 0 Å². The Bertz CT molecular complexity index is 992. The lowest BCUT2D eigenvalue weighted by molar-refractivity contribution is -0.612. The fourth-order valence-corrected chi connectivity index (χ4v) is 3.39. The summed E-state index contributed by atoms with van der Waals surface area (Å²) in [5.74, 6) is -0.0732. The fourth-order valence-electron chi connectivity index (χ4n) is 3.39. The number of anilines is 1. The van der Waals surface area contributed by atoms with Crippen LogP contribution in [0.1, 0.15) is 34.7 Å². The van der Waals surface area contributed by atoms with Crippen molar-refractivity contribution in [3.8, 4) is 11.1 Å². The molecule has 1 aliphatic heterocycles. The molecule has 132 valence electrons. The molecule has 6 heteroatoms. The van der Waals surface area contributed by atoms with Crippen molar-refractivity contribution in [1.82, 2.24) is 9.78 Å². The number of rotatable bonds is 2. The molecular weight excluding hydrogens is 328 g/mol. The predicted molar refractivity (Wildman–Crippen MR) is 98.9 cm³/mol. The number of aromatic nitrogens is 3. The Morgan fingerprint density at radius 1 is 1.19 bits per heavy atom. The first-order valence-corrected chi connectivity index (χ1v) is 8.62. The van der Waals surface area contributed by atoms with E-state index in [2.05, 4.69) is 12.0 Å². The maximum Gasteiger partial charge on any atom is 0.277 e. The van der Waals surface area contributed by atoms with E-state index in [1.165, 1.54) is 6.20 Å². The molecule has 0 bridgehead atoms. The number of amides is 1. The zero-order chi connectivity index (χ0) is 18.4. The van der Waals surface area contributed by atoms with E-state index in [-0.39, 0.29) is 11.9 Å². The molecule has 0 fully saturated rings. The van der Waals surface area contributed by atoms with Crippen molar-refractivity contribution < 1.29 is 9.52 Å². The first kappa shape index (κ1) is 16.3. The topological polar surface area (TPSA) is 65.1 Å². The summed E-state index contributed by atoms with van der Waals surface area (Å²) in [4.78, 5) is 15.1. The number of fused-ring (bicyclic) bond motifs is 1. The number of hydrogen-bond acceptors (Lipinski definition) is 3. The van der Waals surface area contributed by atoms with Gasteiger partial charge in [-0.1, -0.05) is 17.7 Å². The number of aryl methyl sites for hydroxylation is 2. The molecule has 2 aromatic heterocycles. The maximum absolute atomic E-state index is 13.3. The third-order valence-electron chi connectivity index (χ3n) is 4.87. The van der Waals surface area contributed by atoms with Gasteiger partial charge in [-0.05, 0) is 31.5 Å². The summed E-state index contributed by atoms with van der Waals surface area (Å²) >= 11 is 0. The highest BCUT2D eigenvalue weighted by molar-refractivity contribution is 6.09. The normalized spacial score (nSPS) is 16.7. The van der Waals surface area contributed by atoms with Crippen molar-refractivity contribution in [2.75, 3.05) is 11.4 Å². The minimum Gasteiger partial charge on any atom is -0.619 e. The van der Waals surface area contributed by atoms with Crippen LogP contribution in [0, 0.1) is 19.1 Å². The molecule has 4 rings (SSSR count). The highest BCUT2D eigenvalue weighted by Gasteiger charge is 2.33. The lowest BCUT2D eigenvalue weighted by Gasteiger charge is -2.32. The van der Waals surface area contributed by atoms with E-state index < -0.39 is 0 Å². The van der Waals surface area contributed by atoms with Gasteiger partial charge in [-0.15, -0.1) is 0 Å². The van der Waals surface area contributed by atoms with Crippen molar-refractivity contribution in [2.24, 2.45) is 0 Å². The third-order valence-corrected chi connectivity index (χ3v) is 4.87. The second-order valence-electron chi connectivity index (χ2n) is 6.83. The minimum absolute atomic E-state index is 0.0620. The second-order valence-corrected chi connectivity index (χ2v) is 6.83. The molecule has 0 spiro atoms. The highest BCUT2D eigenvalue weighted by atomic mass is 16.5. The molecule has 1 amide bonds. The van der Waals surface area contributed by atoms with Crippen LogP contribution in [0.2, 0.25) is 0 Å². The third kappa shape index (κ3) is 2.54. The van der Waals surface area contributed by atoms with E-state index >= 15 is 0 Å². The Balaban J connectivity index is 1.81. The van der Waals surface area contributed by atoms with Gasteiger partial charge in [0.2, 0.25) is 0 Å². The fraction of sp³-hybridized carbons (Fsp3) is 0.250. The Labute approximate surface area is 151 Å². The Morgan fingerprint density at radius 2 is 1.92 bits per heavy atom. The quantitative estimate of drug-likeness (QED) is 0.528. The average molecular weight is 348 g/mol. The molecular formula is C20H20N4O2. The molecule has 6 nitrogen and oxygen atoms in total. The first-order valence-electron chi connectivity index (χ1n) is 8.62. The lowest BCUT2D eigenvalue weighted by atomic mass is 10.0. The molecule has 0 aliphatic carbocycles. The van der Waals surface area contributed by atoms with Crippen molar-refractivity contribution in [2.45, 2.75) is 26.8 Å². The Hall–Kier alpha value is -3.15. The average Bonchev–Trinajstić information content (AvgIpc) is 3.07. The van der Waals surface area contributed by atoms with Crippen molar-refractivity contribution >= 4 is 11.6 Å². The van der Waals surface area contributed by atoms with Crippen LogP contribution in [0.25, 0.3) is 11.1 Å². The summed E-state index contributed by atoms with van der Waals surface area (Å²) in [6.45, 7) is 6.40. The standard InChI is InChI=1S/C20H20N4O2/c1-13-4-6-17(7-5-13)22-12-15(3)24-19(20(22)25)18(11-21-24)16-8-9-23(26)14(2)10-16/h4-11,15H,12H2,1-3H3/t15-/m0/s1. The van der Waals surface area contributed by atoms with Crippen molar-refractivity contribution in [1.29, 1.82) is 0 Å². The Kier molecular flexibility index (Phi) is 3.76. The number of nitrogens with zero attached hydrogens (tertiary/aromatic N) is 4. The molecule has 1 aliphatic rings.